The molecule has 0 heterocycles. The first-order valence-electron chi connectivity index (χ1n) is 3.86. The van der Waals surface area contributed by atoms with Gasteiger partial charge in [-0.25, -0.2) is 13.1 Å². The summed E-state index contributed by atoms with van der Waals surface area (Å²) in [6, 6.07) is -0.563. The van der Waals surface area contributed by atoms with E-state index in [1.807, 2.05) is 0 Å². The Labute approximate surface area is 84.5 Å². The first-order valence-corrected chi connectivity index (χ1v) is 7.36. The molecule has 1 unspecified atom stereocenters. The molecule has 8 heteroatoms. The lowest BCUT2D eigenvalue weighted by Gasteiger charge is -2.13. The fraction of sp³-hybridized carbons (Fsp3) is 0.833. The van der Waals surface area contributed by atoms with Gasteiger partial charge in [-0.1, -0.05) is 6.92 Å². The standard InChI is InChI=1S/C6H14NO5S2/c1-3-6(7-13(2,8)9)4-5-14(10,11)12/h6-7H,1,3-5H2,2H3,(H,10,11,12). The molecule has 1 atom stereocenters. The maximum Gasteiger partial charge on any atom is 0.264 e. The Morgan fingerprint density at radius 1 is 1.36 bits per heavy atom. The van der Waals surface area contributed by atoms with E-state index in [-0.39, 0.29) is 12.8 Å². The summed E-state index contributed by atoms with van der Waals surface area (Å²) in [7, 11) is -7.42. The van der Waals surface area contributed by atoms with Crippen molar-refractivity contribution in [1.29, 1.82) is 0 Å². The highest BCUT2D eigenvalue weighted by atomic mass is 32.2. The molecule has 1 radical (unpaired) electrons. The first-order chi connectivity index (χ1) is 6.14. The van der Waals surface area contributed by atoms with Crippen LogP contribution < -0.4 is 4.72 Å². The zero-order valence-electron chi connectivity index (χ0n) is 7.80. The molecule has 0 rings (SSSR count). The number of hydrogen-bond donors (Lipinski definition) is 2. The van der Waals surface area contributed by atoms with Gasteiger partial charge in [0.15, 0.2) is 0 Å². The van der Waals surface area contributed by atoms with Crippen LogP contribution in [0.4, 0.5) is 0 Å². The van der Waals surface area contributed by atoms with Gasteiger partial charge in [0.25, 0.3) is 10.1 Å². The Morgan fingerprint density at radius 2 is 1.86 bits per heavy atom. The van der Waals surface area contributed by atoms with Crippen molar-refractivity contribution in [2.45, 2.75) is 18.9 Å². The van der Waals surface area contributed by atoms with Crippen LogP contribution in [0.1, 0.15) is 12.8 Å². The van der Waals surface area contributed by atoms with Gasteiger partial charge < -0.3 is 0 Å². The molecule has 0 amide bonds. The molecule has 0 fully saturated rings. The van der Waals surface area contributed by atoms with Gasteiger partial charge in [0.05, 0.1) is 12.0 Å². The van der Waals surface area contributed by atoms with Gasteiger partial charge in [-0.3, -0.25) is 4.55 Å². The number of nitrogens with one attached hydrogen (secondary N) is 1. The van der Waals surface area contributed by atoms with E-state index < -0.39 is 31.9 Å². The normalized spacial score (nSPS) is 15.4. The molecule has 0 saturated carbocycles. The van der Waals surface area contributed by atoms with E-state index in [0.29, 0.717) is 0 Å². The first kappa shape index (κ1) is 13.8. The molecule has 0 aliphatic heterocycles. The van der Waals surface area contributed by atoms with E-state index in [1.54, 1.807) is 0 Å². The summed E-state index contributed by atoms with van der Waals surface area (Å²) in [5.41, 5.74) is 0. The second-order valence-corrected chi connectivity index (χ2v) is 6.30. The highest BCUT2D eigenvalue weighted by molar-refractivity contribution is 7.88. The largest absolute Gasteiger partial charge is 0.286 e. The molecule has 85 valence electrons. The summed E-state index contributed by atoms with van der Waals surface area (Å²) in [5.74, 6) is -0.476. The highest BCUT2D eigenvalue weighted by Gasteiger charge is 2.15. The average molecular weight is 244 g/mol. The molecule has 0 aliphatic carbocycles. The number of hydrogen-bond acceptors (Lipinski definition) is 4. The summed E-state index contributed by atoms with van der Waals surface area (Å²) in [4.78, 5) is 0. The topological polar surface area (TPSA) is 101 Å². The second kappa shape index (κ2) is 5.06. The van der Waals surface area contributed by atoms with Crippen molar-refractivity contribution < 1.29 is 21.4 Å². The maximum atomic E-state index is 10.8. The summed E-state index contributed by atoms with van der Waals surface area (Å²) < 4.78 is 52.9. The summed E-state index contributed by atoms with van der Waals surface area (Å²) in [5, 5.41) is 0. The van der Waals surface area contributed by atoms with Crippen LogP contribution in [0.5, 0.6) is 0 Å². The predicted molar refractivity (Wildman–Crippen MR) is 52.8 cm³/mol. The molecule has 14 heavy (non-hydrogen) atoms. The Kier molecular flexibility index (Phi) is 4.99. The molecular weight excluding hydrogens is 230 g/mol. The Morgan fingerprint density at radius 3 is 2.14 bits per heavy atom. The predicted octanol–water partition coefficient (Wildman–Crippen LogP) is -0.594. The molecule has 0 aromatic heterocycles. The fourth-order valence-corrected chi connectivity index (χ4v) is 2.28. The third kappa shape index (κ3) is 8.42. The number of rotatable bonds is 6. The zero-order valence-corrected chi connectivity index (χ0v) is 9.44. The fourth-order valence-electron chi connectivity index (χ4n) is 0.856. The van der Waals surface area contributed by atoms with Gasteiger partial charge in [0, 0.05) is 6.04 Å². The lowest BCUT2D eigenvalue weighted by Crippen LogP contribution is -2.34. The molecule has 6 nitrogen and oxygen atoms in total. The molecule has 0 saturated heterocycles. The molecule has 0 aromatic carbocycles. The third-order valence-corrected chi connectivity index (χ3v) is 2.97. The van der Waals surface area contributed by atoms with E-state index in [0.717, 1.165) is 6.26 Å². The van der Waals surface area contributed by atoms with Crippen LogP contribution in [0.2, 0.25) is 0 Å². The summed E-state index contributed by atoms with van der Waals surface area (Å²) in [6.07, 6.45) is 1.21. The highest BCUT2D eigenvalue weighted by Crippen LogP contribution is 2.01. The summed E-state index contributed by atoms with van der Waals surface area (Å²) in [6.45, 7) is 3.47. The number of sulfonamides is 1. The van der Waals surface area contributed by atoms with Crippen molar-refractivity contribution in [3.63, 3.8) is 0 Å². The maximum absolute atomic E-state index is 10.8. The zero-order chi connectivity index (χ0) is 11.4. The molecule has 0 aromatic rings. The minimum atomic E-state index is -4.05. The summed E-state index contributed by atoms with van der Waals surface area (Å²) >= 11 is 0. The van der Waals surface area contributed by atoms with E-state index in [9.17, 15) is 16.8 Å². The van der Waals surface area contributed by atoms with E-state index in [4.69, 9.17) is 4.55 Å². The Bertz CT molecular complexity index is 358. The second-order valence-electron chi connectivity index (χ2n) is 2.95. The van der Waals surface area contributed by atoms with Gasteiger partial charge >= 0.3 is 0 Å². The van der Waals surface area contributed by atoms with E-state index in [2.05, 4.69) is 11.6 Å². The monoisotopic (exact) mass is 244 g/mol. The van der Waals surface area contributed by atoms with Crippen molar-refractivity contribution in [3.05, 3.63) is 6.92 Å². The van der Waals surface area contributed by atoms with Crippen LogP contribution in [0.25, 0.3) is 0 Å². The van der Waals surface area contributed by atoms with Gasteiger partial charge in [-0.05, 0) is 12.8 Å². The van der Waals surface area contributed by atoms with Crippen LogP contribution in [0.15, 0.2) is 0 Å². The van der Waals surface area contributed by atoms with Crippen LogP contribution in [0.3, 0.4) is 0 Å². The van der Waals surface area contributed by atoms with Crippen LogP contribution in [-0.2, 0) is 20.1 Å². The van der Waals surface area contributed by atoms with E-state index >= 15 is 0 Å². The van der Waals surface area contributed by atoms with Gasteiger partial charge in [0.1, 0.15) is 0 Å². The van der Waals surface area contributed by atoms with Crippen LogP contribution in [0, 0.1) is 6.92 Å². The minimum Gasteiger partial charge on any atom is -0.286 e. The smallest absolute Gasteiger partial charge is 0.264 e. The quantitative estimate of drug-likeness (QED) is 0.608. The van der Waals surface area contributed by atoms with E-state index in [1.165, 1.54) is 0 Å². The third-order valence-electron chi connectivity index (χ3n) is 1.45. The molecule has 2 N–H and O–H groups in total. The van der Waals surface area contributed by atoms with Crippen LogP contribution in [-0.4, -0.2) is 39.4 Å². The van der Waals surface area contributed by atoms with Gasteiger partial charge in [-0.15, -0.1) is 0 Å². The molecule has 0 aliphatic rings. The van der Waals surface area contributed by atoms with Crippen molar-refractivity contribution in [3.8, 4) is 0 Å². The Hall–Kier alpha value is -0.180. The minimum absolute atomic E-state index is 0.00933. The molecule has 0 bridgehead atoms. The molecule has 0 spiro atoms. The average Bonchev–Trinajstić information content (AvgIpc) is 1.94. The molecular formula is C6H14NO5S2. The van der Waals surface area contributed by atoms with Crippen LogP contribution >= 0.6 is 0 Å². The lowest BCUT2D eigenvalue weighted by molar-refractivity contribution is 0.472. The van der Waals surface area contributed by atoms with Crippen molar-refractivity contribution >= 4 is 20.1 Å². The van der Waals surface area contributed by atoms with Crippen molar-refractivity contribution in [2.75, 3.05) is 12.0 Å². The van der Waals surface area contributed by atoms with Crippen molar-refractivity contribution in [2.24, 2.45) is 0 Å². The Balaban J connectivity index is 4.19. The van der Waals surface area contributed by atoms with Crippen molar-refractivity contribution in [1.82, 2.24) is 4.72 Å². The SMILES string of the molecule is [CH2]CC(CCS(=O)(=O)O)NS(C)(=O)=O. The lowest BCUT2D eigenvalue weighted by atomic mass is 10.2. The van der Waals surface area contributed by atoms with Gasteiger partial charge in [0.2, 0.25) is 10.0 Å². The van der Waals surface area contributed by atoms with Gasteiger partial charge in [-0.2, -0.15) is 8.42 Å².